The molecule has 2 N–H and O–H groups in total. The van der Waals surface area contributed by atoms with Gasteiger partial charge in [0.2, 0.25) is 5.88 Å². The van der Waals surface area contributed by atoms with Crippen molar-refractivity contribution in [2.45, 2.75) is 18.9 Å². The minimum absolute atomic E-state index is 0.160. The molecule has 0 bridgehead atoms. The van der Waals surface area contributed by atoms with E-state index in [1.165, 1.54) is 5.56 Å². The third kappa shape index (κ3) is 1.28. The van der Waals surface area contributed by atoms with Crippen molar-refractivity contribution in [3.05, 3.63) is 23.9 Å². The molecule has 2 rings (SSSR count). The average molecular weight is 164 g/mol. The monoisotopic (exact) mass is 164 g/mol. The first-order chi connectivity index (χ1) is 5.90. The van der Waals surface area contributed by atoms with Crippen LogP contribution in [0.25, 0.3) is 0 Å². The fraction of sp³-hybridized carbons (Fsp3) is 0.444. The smallest absolute Gasteiger partial charge is 0.216 e. The van der Waals surface area contributed by atoms with E-state index < -0.39 is 0 Å². The van der Waals surface area contributed by atoms with Crippen molar-refractivity contribution in [1.29, 1.82) is 0 Å². The van der Waals surface area contributed by atoms with Crippen LogP contribution in [0.3, 0.4) is 0 Å². The lowest BCUT2D eigenvalue weighted by Crippen LogP contribution is -2.30. The van der Waals surface area contributed by atoms with Gasteiger partial charge in [0, 0.05) is 18.3 Å². The van der Waals surface area contributed by atoms with E-state index in [2.05, 4.69) is 11.1 Å². The normalized spacial score (nSPS) is 21.2. The molecule has 0 spiro atoms. The molecule has 1 aromatic rings. The molecule has 2 heterocycles. The maximum atomic E-state index is 5.54. The zero-order chi connectivity index (χ0) is 8.39. The summed E-state index contributed by atoms with van der Waals surface area (Å²) in [5.74, 6) is 0.763. The van der Waals surface area contributed by atoms with Gasteiger partial charge >= 0.3 is 0 Å². The molecule has 0 unspecified atom stereocenters. The van der Waals surface area contributed by atoms with Crippen molar-refractivity contribution in [2.75, 3.05) is 6.54 Å². The summed E-state index contributed by atoms with van der Waals surface area (Å²) in [5.41, 5.74) is 6.70. The molecule has 1 atom stereocenters. The Morgan fingerprint density at radius 2 is 2.58 bits per heavy atom. The highest BCUT2D eigenvalue weighted by Crippen LogP contribution is 2.23. The Kier molecular flexibility index (Phi) is 1.96. The summed E-state index contributed by atoms with van der Waals surface area (Å²) >= 11 is 0. The molecular formula is C9H12N2O. The molecule has 3 nitrogen and oxygen atoms in total. The first-order valence-electron chi connectivity index (χ1n) is 4.21. The van der Waals surface area contributed by atoms with Crippen molar-refractivity contribution in [1.82, 2.24) is 4.98 Å². The lowest BCUT2D eigenvalue weighted by atomic mass is 10.1. The number of hydrogen-bond acceptors (Lipinski definition) is 3. The zero-order valence-corrected chi connectivity index (χ0v) is 6.86. The molecule has 0 radical (unpaired) electrons. The standard InChI is InChI=1S/C9H12N2O/c10-6-8-4-3-7-2-1-5-11-9(7)12-8/h1-2,5,8H,3-4,6,10H2/t8-/m1/s1. The average Bonchev–Trinajstić information content (AvgIpc) is 2.17. The minimum Gasteiger partial charge on any atom is -0.473 e. The molecule has 0 aliphatic carbocycles. The van der Waals surface area contributed by atoms with Gasteiger partial charge in [-0.05, 0) is 18.9 Å². The van der Waals surface area contributed by atoms with Crippen LogP contribution in [0.5, 0.6) is 5.88 Å². The second-order valence-electron chi connectivity index (χ2n) is 2.98. The molecule has 1 aliphatic heterocycles. The molecule has 1 aromatic heterocycles. The number of hydrogen-bond donors (Lipinski definition) is 1. The van der Waals surface area contributed by atoms with Crippen molar-refractivity contribution in [3.8, 4) is 5.88 Å². The van der Waals surface area contributed by atoms with Gasteiger partial charge in [0.05, 0.1) is 0 Å². The number of fused-ring (bicyclic) bond motifs is 1. The molecule has 0 saturated carbocycles. The van der Waals surface area contributed by atoms with Crippen molar-refractivity contribution in [2.24, 2.45) is 5.73 Å². The Bertz CT molecular complexity index is 275. The number of aryl methyl sites for hydroxylation is 1. The lowest BCUT2D eigenvalue weighted by molar-refractivity contribution is 0.173. The highest BCUT2D eigenvalue weighted by molar-refractivity contribution is 5.27. The molecule has 0 saturated heterocycles. The number of pyridine rings is 1. The van der Waals surface area contributed by atoms with Crippen LogP contribution in [0.1, 0.15) is 12.0 Å². The van der Waals surface area contributed by atoms with Crippen LogP contribution in [0, 0.1) is 0 Å². The lowest BCUT2D eigenvalue weighted by Gasteiger charge is -2.23. The molecule has 1 aliphatic rings. The van der Waals surface area contributed by atoms with Crippen LogP contribution in [-0.4, -0.2) is 17.6 Å². The second kappa shape index (κ2) is 3.11. The highest BCUT2D eigenvalue weighted by Gasteiger charge is 2.18. The van der Waals surface area contributed by atoms with E-state index >= 15 is 0 Å². The molecule has 64 valence electrons. The zero-order valence-electron chi connectivity index (χ0n) is 6.86. The Hall–Kier alpha value is -1.09. The van der Waals surface area contributed by atoms with Gasteiger partial charge in [-0.1, -0.05) is 6.07 Å². The number of nitrogens with two attached hydrogens (primary N) is 1. The molecule has 0 aromatic carbocycles. The summed E-state index contributed by atoms with van der Waals surface area (Å²) in [6.45, 7) is 0.579. The van der Waals surface area contributed by atoms with Gasteiger partial charge < -0.3 is 10.5 Å². The van der Waals surface area contributed by atoms with Gasteiger partial charge in [0.15, 0.2) is 0 Å². The summed E-state index contributed by atoms with van der Waals surface area (Å²) in [7, 11) is 0. The predicted octanol–water partition coefficient (Wildman–Crippen LogP) is 0.734. The van der Waals surface area contributed by atoms with Crippen LogP contribution >= 0.6 is 0 Å². The molecule has 0 fully saturated rings. The van der Waals surface area contributed by atoms with Gasteiger partial charge in [-0.25, -0.2) is 4.98 Å². The summed E-state index contributed by atoms with van der Waals surface area (Å²) in [6.07, 6.45) is 3.95. The van der Waals surface area contributed by atoms with Crippen LogP contribution in [0.2, 0.25) is 0 Å². The number of nitrogens with zero attached hydrogens (tertiary/aromatic N) is 1. The summed E-state index contributed by atoms with van der Waals surface area (Å²) < 4.78 is 5.54. The Morgan fingerprint density at radius 3 is 3.42 bits per heavy atom. The first kappa shape index (κ1) is 7.55. The van der Waals surface area contributed by atoms with Crippen LogP contribution in [0.15, 0.2) is 18.3 Å². The quantitative estimate of drug-likeness (QED) is 0.665. The summed E-state index contributed by atoms with van der Waals surface area (Å²) in [4.78, 5) is 4.14. The third-order valence-electron chi connectivity index (χ3n) is 2.13. The van der Waals surface area contributed by atoms with Crippen molar-refractivity contribution in [3.63, 3.8) is 0 Å². The number of ether oxygens (including phenoxy) is 1. The van der Waals surface area contributed by atoms with Crippen LogP contribution in [-0.2, 0) is 6.42 Å². The second-order valence-corrected chi connectivity index (χ2v) is 2.98. The van der Waals surface area contributed by atoms with Gasteiger partial charge in [0.1, 0.15) is 6.10 Å². The third-order valence-corrected chi connectivity index (χ3v) is 2.13. The number of aromatic nitrogens is 1. The molecular weight excluding hydrogens is 152 g/mol. The highest BCUT2D eigenvalue weighted by atomic mass is 16.5. The molecule has 0 amide bonds. The van der Waals surface area contributed by atoms with Crippen molar-refractivity contribution >= 4 is 0 Å². The van der Waals surface area contributed by atoms with Gasteiger partial charge in [-0.2, -0.15) is 0 Å². The molecule has 12 heavy (non-hydrogen) atoms. The van der Waals surface area contributed by atoms with Crippen LogP contribution < -0.4 is 10.5 Å². The van der Waals surface area contributed by atoms with E-state index in [1.54, 1.807) is 6.20 Å². The van der Waals surface area contributed by atoms with E-state index in [-0.39, 0.29) is 6.10 Å². The van der Waals surface area contributed by atoms with Crippen LogP contribution in [0.4, 0.5) is 0 Å². The van der Waals surface area contributed by atoms with E-state index in [0.29, 0.717) is 6.54 Å². The topological polar surface area (TPSA) is 48.1 Å². The maximum absolute atomic E-state index is 5.54. The summed E-state index contributed by atoms with van der Waals surface area (Å²) in [6, 6.07) is 3.99. The Balaban J connectivity index is 2.23. The minimum atomic E-state index is 0.160. The Labute approximate surface area is 71.6 Å². The van der Waals surface area contributed by atoms with Gasteiger partial charge in [-0.15, -0.1) is 0 Å². The molecule has 3 heteroatoms. The SMILES string of the molecule is NC[C@H]1CCc2cccnc2O1. The summed E-state index contributed by atoms with van der Waals surface area (Å²) in [5, 5.41) is 0. The van der Waals surface area contributed by atoms with Gasteiger partial charge in [-0.3, -0.25) is 0 Å². The van der Waals surface area contributed by atoms with Crippen molar-refractivity contribution < 1.29 is 4.74 Å². The first-order valence-corrected chi connectivity index (χ1v) is 4.21. The van der Waals surface area contributed by atoms with E-state index in [1.807, 2.05) is 6.07 Å². The maximum Gasteiger partial charge on any atom is 0.216 e. The fourth-order valence-electron chi connectivity index (χ4n) is 1.42. The fourth-order valence-corrected chi connectivity index (χ4v) is 1.42. The largest absolute Gasteiger partial charge is 0.473 e. The van der Waals surface area contributed by atoms with E-state index in [9.17, 15) is 0 Å². The van der Waals surface area contributed by atoms with E-state index in [0.717, 1.165) is 18.7 Å². The predicted molar refractivity (Wildman–Crippen MR) is 46.0 cm³/mol. The number of rotatable bonds is 1. The Morgan fingerprint density at radius 1 is 1.67 bits per heavy atom. The van der Waals surface area contributed by atoms with Gasteiger partial charge in [0.25, 0.3) is 0 Å². The van der Waals surface area contributed by atoms with E-state index in [4.69, 9.17) is 10.5 Å².